The number of carboxylic acid groups (broad SMARTS) is 1. The van der Waals surface area contributed by atoms with Crippen LogP contribution in [0.15, 0.2) is 0 Å². The molecule has 19 heavy (non-hydrogen) atoms. The predicted molar refractivity (Wildman–Crippen MR) is 45.2 cm³/mol. The molecule has 6 N–H and O–H groups in total. The molecule has 0 aliphatic carbocycles. The molecule has 0 aliphatic heterocycles. The van der Waals surface area contributed by atoms with E-state index >= 15 is 0 Å². The summed E-state index contributed by atoms with van der Waals surface area (Å²) >= 11 is -3.79. The van der Waals surface area contributed by atoms with Gasteiger partial charge in [-0.2, -0.15) is 0 Å². The molecule has 0 fully saturated rings. The van der Waals surface area contributed by atoms with E-state index in [9.17, 15) is 4.79 Å². The topological polar surface area (TPSA) is 202 Å². The molecule has 10 nitrogen and oxygen atoms in total. The molecular formula is C6H12Na2O10Se. The van der Waals surface area contributed by atoms with E-state index in [0.717, 1.165) is 0 Å². The summed E-state index contributed by atoms with van der Waals surface area (Å²) in [5, 5.41) is 51.8. The van der Waals surface area contributed by atoms with Crippen LogP contribution in [-0.2, 0) is 8.63 Å². The van der Waals surface area contributed by atoms with Crippen LogP contribution in [0.4, 0.5) is 0 Å². The average Bonchev–Trinajstić information content (AvgIpc) is 2.23. The number of aliphatic hydroxyl groups excluding tert-OH is 5. The SMILES string of the molecule is O=C(O)C(O)C(O)C(O)C(O)CO.O=[Se]([O-])[O-].[Na+].[Na+]. The molecule has 0 spiro atoms. The van der Waals surface area contributed by atoms with Gasteiger partial charge in [-0.1, -0.05) is 0 Å². The monoisotopic (exact) mass is 370 g/mol. The van der Waals surface area contributed by atoms with E-state index in [2.05, 4.69) is 0 Å². The minimum Gasteiger partial charge on any atom is 1.00 e. The first-order chi connectivity index (χ1) is 7.64. The average molecular weight is 369 g/mol. The number of carboxylic acids is 1. The van der Waals surface area contributed by atoms with Crippen molar-refractivity contribution in [2.75, 3.05) is 6.61 Å². The second kappa shape index (κ2) is 15.9. The number of hydrogen-bond donors (Lipinski definition) is 6. The van der Waals surface area contributed by atoms with Crippen molar-refractivity contribution in [1.82, 2.24) is 0 Å². The minimum absolute atomic E-state index is 0. The van der Waals surface area contributed by atoms with Gasteiger partial charge in [0.2, 0.25) is 0 Å². The van der Waals surface area contributed by atoms with Crippen LogP contribution < -0.4 is 67.5 Å². The second-order valence-electron chi connectivity index (χ2n) is 2.72. The molecule has 0 aromatic carbocycles. The van der Waals surface area contributed by atoms with Gasteiger partial charge in [0.25, 0.3) is 0 Å². The molecule has 0 aliphatic rings. The molecule has 0 aromatic rings. The number of aliphatic hydroxyl groups is 5. The molecule has 0 aromatic heterocycles. The number of hydrogen-bond acceptors (Lipinski definition) is 9. The number of aliphatic carboxylic acids is 1. The third-order valence-corrected chi connectivity index (χ3v) is 1.51. The predicted octanol–water partition coefficient (Wildman–Crippen LogP) is -12.4. The minimum atomic E-state index is -3.79. The van der Waals surface area contributed by atoms with Gasteiger partial charge in [-0.05, 0) is 0 Å². The maximum absolute atomic E-state index is 10.1. The molecule has 0 bridgehead atoms. The van der Waals surface area contributed by atoms with Gasteiger partial charge in [0, 0.05) is 0 Å². The zero-order valence-electron chi connectivity index (χ0n) is 10.2. The van der Waals surface area contributed by atoms with Crippen LogP contribution in [0.5, 0.6) is 0 Å². The summed E-state index contributed by atoms with van der Waals surface area (Å²) in [5.41, 5.74) is 0. The van der Waals surface area contributed by atoms with E-state index in [1.807, 2.05) is 0 Å². The molecule has 0 saturated heterocycles. The first kappa shape index (κ1) is 28.6. The number of rotatable bonds is 5. The van der Waals surface area contributed by atoms with Crippen molar-refractivity contribution < 1.29 is 107 Å². The second-order valence-corrected chi connectivity index (χ2v) is 3.57. The van der Waals surface area contributed by atoms with E-state index < -0.39 is 51.5 Å². The molecule has 4 atom stereocenters. The van der Waals surface area contributed by atoms with Crippen LogP contribution in [0.3, 0.4) is 0 Å². The van der Waals surface area contributed by atoms with E-state index in [1.165, 1.54) is 0 Å². The summed E-state index contributed by atoms with van der Waals surface area (Å²) in [4.78, 5) is 10.1. The van der Waals surface area contributed by atoms with Crippen molar-refractivity contribution in [1.29, 1.82) is 0 Å². The van der Waals surface area contributed by atoms with Crippen LogP contribution in [0, 0.1) is 0 Å². The van der Waals surface area contributed by atoms with Crippen molar-refractivity contribution in [3.05, 3.63) is 0 Å². The van der Waals surface area contributed by atoms with E-state index in [4.69, 9.17) is 42.9 Å². The van der Waals surface area contributed by atoms with Gasteiger partial charge in [0.1, 0.15) is 18.3 Å². The Kier molecular flexibility index (Phi) is 24.0. The molecule has 0 radical (unpaired) electrons. The van der Waals surface area contributed by atoms with Gasteiger partial charge in [0.05, 0.1) is 6.61 Å². The Morgan fingerprint density at radius 1 is 1.05 bits per heavy atom. The fourth-order valence-electron chi connectivity index (χ4n) is 0.668. The summed E-state index contributed by atoms with van der Waals surface area (Å²) in [5.74, 6) is -1.73. The Morgan fingerprint density at radius 2 is 1.37 bits per heavy atom. The van der Waals surface area contributed by atoms with Crippen LogP contribution >= 0.6 is 0 Å². The zero-order valence-corrected chi connectivity index (χ0v) is 16.0. The Bertz CT molecular complexity index is 250. The first-order valence-electron chi connectivity index (χ1n) is 3.97. The maximum Gasteiger partial charge on any atom is 1.00 e. The summed E-state index contributed by atoms with van der Waals surface area (Å²) in [7, 11) is 0. The van der Waals surface area contributed by atoms with Crippen LogP contribution in [0.1, 0.15) is 0 Å². The van der Waals surface area contributed by atoms with Gasteiger partial charge in [-0.15, -0.1) is 0 Å². The fourth-order valence-corrected chi connectivity index (χ4v) is 0.668. The van der Waals surface area contributed by atoms with Gasteiger partial charge in [0.15, 0.2) is 6.10 Å². The van der Waals surface area contributed by atoms with E-state index in [1.54, 1.807) is 0 Å². The smallest absolute Gasteiger partial charge is 1.00 e. The Hall–Kier alpha value is 1.51. The fraction of sp³-hybridized carbons (Fsp3) is 0.833. The number of carbonyl (C=O) groups is 1. The Balaban J connectivity index is -0.000000165. The molecule has 0 heterocycles. The first-order valence-corrected chi connectivity index (χ1v) is 6.07. The van der Waals surface area contributed by atoms with Crippen molar-refractivity contribution >= 4 is 20.5 Å². The third kappa shape index (κ3) is 15.7. The molecule has 0 saturated carbocycles. The summed E-state index contributed by atoms with van der Waals surface area (Å²) in [6.45, 7) is -0.843. The largest absolute Gasteiger partial charge is 1.00 e. The van der Waals surface area contributed by atoms with Crippen molar-refractivity contribution in [2.45, 2.75) is 24.4 Å². The van der Waals surface area contributed by atoms with Gasteiger partial charge in [-0.3, -0.25) is 0 Å². The molecular weight excluding hydrogens is 357 g/mol. The normalized spacial score (nSPS) is 15.8. The molecule has 13 heteroatoms. The maximum atomic E-state index is 10.1. The summed E-state index contributed by atoms with van der Waals surface area (Å²) in [6.07, 6.45) is -7.84. The van der Waals surface area contributed by atoms with E-state index in [0.29, 0.717) is 0 Å². The van der Waals surface area contributed by atoms with Crippen LogP contribution in [0.25, 0.3) is 0 Å². The van der Waals surface area contributed by atoms with Crippen molar-refractivity contribution in [3.63, 3.8) is 0 Å². The van der Waals surface area contributed by atoms with Crippen molar-refractivity contribution in [2.24, 2.45) is 0 Å². The van der Waals surface area contributed by atoms with Crippen LogP contribution in [0.2, 0.25) is 0 Å². The Morgan fingerprint density at radius 3 is 1.58 bits per heavy atom. The van der Waals surface area contributed by atoms with Gasteiger partial charge >= 0.3 is 91.8 Å². The standard InChI is InChI=1S/C6H12O7.2Na.H2O3Se/c7-1-2(8)3(9)4(10)5(11)6(12)13;;;1-4(2)3/h2-5,7-11H,1H2,(H,12,13);;;(H2,1,2,3)/q;2*+1;/p-2. The molecule has 4 unspecified atom stereocenters. The van der Waals surface area contributed by atoms with Gasteiger partial charge in [-0.25, -0.2) is 4.79 Å². The molecule has 0 amide bonds. The van der Waals surface area contributed by atoms with Crippen LogP contribution in [-0.4, -0.2) is 82.1 Å². The third-order valence-electron chi connectivity index (χ3n) is 1.51. The summed E-state index contributed by atoms with van der Waals surface area (Å²) < 4.78 is 25.6. The quantitative estimate of drug-likeness (QED) is 0.253. The summed E-state index contributed by atoms with van der Waals surface area (Å²) in [6, 6.07) is 0. The van der Waals surface area contributed by atoms with Gasteiger partial charge < -0.3 is 30.6 Å². The van der Waals surface area contributed by atoms with Crippen molar-refractivity contribution in [3.8, 4) is 0 Å². The Labute approximate surface area is 157 Å². The molecule has 104 valence electrons. The molecule has 0 rings (SSSR count). The van der Waals surface area contributed by atoms with E-state index in [-0.39, 0.29) is 59.1 Å². The zero-order chi connectivity index (χ0) is 14.2.